The molecule has 0 fully saturated rings. The molecule has 2 heterocycles. The molecule has 2 aromatic heterocycles. The summed E-state index contributed by atoms with van der Waals surface area (Å²) in [5, 5.41) is 22.8. The van der Waals surface area contributed by atoms with Crippen LogP contribution in [-0.2, 0) is 4.74 Å². The van der Waals surface area contributed by atoms with Crippen LogP contribution in [0.15, 0.2) is 91.2 Å². The Bertz CT molecular complexity index is 1610. The fourth-order valence-corrected chi connectivity index (χ4v) is 4.21. The molecule has 0 saturated heterocycles. The average Bonchev–Trinajstić information content (AvgIpc) is 2.87. The maximum atomic E-state index is 13.1. The lowest BCUT2D eigenvalue weighted by atomic mass is 9.84. The molecule has 0 atom stereocenters. The molecule has 0 unspecified atom stereocenters. The highest BCUT2D eigenvalue weighted by Crippen LogP contribution is 2.41. The molecule has 174 valence electrons. The molecular formula is C27H18O8. The van der Waals surface area contributed by atoms with Gasteiger partial charge in [-0.2, -0.15) is 0 Å². The number of aromatic hydroxyl groups is 2. The fourth-order valence-electron chi connectivity index (χ4n) is 4.21. The van der Waals surface area contributed by atoms with Crippen molar-refractivity contribution in [3.8, 4) is 11.5 Å². The Hall–Kier alpha value is -4.85. The van der Waals surface area contributed by atoms with Crippen molar-refractivity contribution in [2.75, 3.05) is 7.11 Å². The number of fused-ring (bicyclic) bond motifs is 2. The summed E-state index contributed by atoms with van der Waals surface area (Å²) < 4.78 is 15.6. The van der Waals surface area contributed by atoms with Gasteiger partial charge in [0.1, 0.15) is 22.7 Å². The molecule has 3 aromatic carbocycles. The van der Waals surface area contributed by atoms with Crippen molar-refractivity contribution in [2.45, 2.75) is 5.92 Å². The van der Waals surface area contributed by atoms with Gasteiger partial charge in [0, 0.05) is 0 Å². The number of hydrogen-bond donors (Lipinski definition) is 2. The second kappa shape index (κ2) is 8.49. The Balaban J connectivity index is 1.86. The highest BCUT2D eigenvalue weighted by Gasteiger charge is 2.32. The van der Waals surface area contributed by atoms with Gasteiger partial charge < -0.3 is 23.8 Å². The lowest BCUT2D eigenvalue weighted by Crippen LogP contribution is -2.21. The lowest BCUT2D eigenvalue weighted by molar-refractivity contribution is 0.0600. The first kappa shape index (κ1) is 22.0. The van der Waals surface area contributed by atoms with Crippen LogP contribution in [0, 0.1) is 0 Å². The quantitative estimate of drug-likeness (QED) is 0.294. The van der Waals surface area contributed by atoms with Gasteiger partial charge in [-0.05, 0) is 42.0 Å². The highest BCUT2D eigenvalue weighted by atomic mass is 16.5. The third-order valence-corrected chi connectivity index (χ3v) is 5.88. The highest BCUT2D eigenvalue weighted by molar-refractivity contribution is 5.90. The molecule has 0 radical (unpaired) electrons. The number of methoxy groups -OCH3 is 1. The maximum absolute atomic E-state index is 13.1. The molecule has 0 aliphatic rings. The summed E-state index contributed by atoms with van der Waals surface area (Å²) in [5.74, 6) is -2.64. The van der Waals surface area contributed by atoms with Crippen LogP contribution in [0.1, 0.15) is 33.0 Å². The fraction of sp³-hybridized carbons (Fsp3) is 0.0741. The molecule has 0 aliphatic carbocycles. The van der Waals surface area contributed by atoms with E-state index < -0.39 is 34.6 Å². The molecule has 0 aliphatic heterocycles. The van der Waals surface area contributed by atoms with Gasteiger partial charge in [-0.25, -0.2) is 14.4 Å². The second-order valence-electron chi connectivity index (χ2n) is 7.84. The zero-order valence-electron chi connectivity index (χ0n) is 18.3. The van der Waals surface area contributed by atoms with Crippen molar-refractivity contribution in [1.29, 1.82) is 0 Å². The maximum Gasteiger partial charge on any atom is 0.344 e. The summed E-state index contributed by atoms with van der Waals surface area (Å²) in [6, 6.07) is 18.7. The van der Waals surface area contributed by atoms with E-state index in [1.165, 1.54) is 43.5 Å². The molecule has 8 heteroatoms. The van der Waals surface area contributed by atoms with Crippen LogP contribution in [0.25, 0.3) is 21.9 Å². The van der Waals surface area contributed by atoms with Gasteiger partial charge in [-0.3, -0.25) is 0 Å². The van der Waals surface area contributed by atoms with Gasteiger partial charge in [0.25, 0.3) is 0 Å². The summed E-state index contributed by atoms with van der Waals surface area (Å²) in [6.45, 7) is 0. The first-order chi connectivity index (χ1) is 16.9. The first-order valence-corrected chi connectivity index (χ1v) is 10.6. The molecule has 35 heavy (non-hydrogen) atoms. The minimum Gasteiger partial charge on any atom is -0.507 e. The van der Waals surface area contributed by atoms with Gasteiger partial charge in [0.05, 0.1) is 40.5 Å². The third kappa shape index (κ3) is 3.61. The van der Waals surface area contributed by atoms with E-state index in [0.29, 0.717) is 5.56 Å². The van der Waals surface area contributed by atoms with Crippen LogP contribution < -0.4 is 11.3 Å². The molecule has 0 spiro atoms. The van der Waals surface area contributed by atoms with Crippen LogP contribution in [0.3, 0.4) is 0 Å². The van der Waals surface area contributed by atoms with Crippen molar-refractivity contribution >= 4 is 27.9 Å². The Morgan fingerprint density at radius 3 is 1.66 bits per heavy atom. The van der Waals surface area contributed by atoms with Crippen molar-refractivity contribution in [3.05, 3.63) is 116 Å². The van der Waals surface area contributed by atoms with Crippen LogP contribution in [0.2, 0.25) is 0 Å². The van der Waals surface area contributed by atoms with Crippen LogP contribution in [0.5, 0.6) is 11.5 Å². The summed E-state index contributed by atoms with van der Waals surface area (Å²) >= 11 is 0. The predicted molar refractivity (Wildman–Crippen MR) is 127 cm³/mol. The standard InChI is InChI=1S/C27H18O8/c1-33-25(30)15-12-10-14(11-13-15)20(21-23(28)16-6-2-4-8-18(16)34-26(21)31)22-24(29)17-7-3-5-9-19(17)35-27(22)32/h2-13,20,28-29H,1H3. The summed E-state index contributed by atoms with van der Waals surface area (Å²) in [4.78, 5) is 38.2. The van der Waals surface area contributed by atoms with E-state index in [1.54, 1.807) is 36.4 Å². The Labute approximate surface area is 197 Å². The van der Waals surface area contributed by atoms with E-state index in [0.717, 1.165) is 0 Å². The number of para-hydroxylation sites is 2. The number of carbonyl (C=O) groups excluding carboxylic acids is 1. The number of benzene rings is 3. The number of esters is 1. The topological polar surface area (TPSA) is 127 Å². The van der Waals surface area contributed by atoms with Crippen LogP contribution >= 0.6 is 0 Å². The normalized spacial score (nSPS) is 11.3. The monoisotopic (exact) mass is 470 g/mol. The summed E-state index contributed by atoms with van der Waals surface area (Å²) in [6.07, 6.45) is 0. The first-order valence-electron chi connectivity index (χ1n) is 10.6. The molecule has 2 N–H and O–H groups in total. The lowest BCUT2D eigenvalue weighted by Gasteiger charge is -2.20. The van der Waals surface area contributed by atoms with Crippen molar-refractivity contribution in [1.82, 2.24) is 0 Å². The largest absolute Gasteiger partial charge is 0.507 e. The van der Waals surface area contributed by atoms with Gasteiger partial charge in [-0.1, -0.05) is 36.4 Å². The molecular weight excluding hydrogens is 452 g/mol. The van der Waals surface area contributed by atoms with E-state index >= 15 is 0 Å². The van der Waals surface area contributed by atoms with Gasteiger partial charge in [0.2, 0.25) is 0 Å². The van der Waals surface area contributed by atoms with Gasteiger partial charge >= 0.3 is 17.2 Å². The SMILES string of the molecule is COC(=O)c1ccc(C(c2c(O)c3ccccc3oc2=O)c2c(O)c3ccccc3oc2=O)cc1. The minimum absolute atomic E-state index is 0.160. The second-order valence-corrected chi connectivity index (χ2v) is 7.84. The van der Waals surface area contributed by atoms with E-state index in [4.69, 9.17) is 13.6 Å². The van der Waals surface area contributed by atoms with Gasteiger partial charge in [0.15, 0.2) is 0 Å². The molecule has 5 aromatic rings. The molecule has 0 saturated carbocycles. The van der Waals surface area contributed by atoms with Crippen molar-refractivity contribution in [2.24, 2.45) is 0 Å². The predicted octanol–water partition coefficient (Wildman–Crippen LogP) is 4.28. The number of rotatable bonds is 4. The average molecular weight is 470 g/mol. The molecule has 5 rings (SSSR count). The Morgan fingerprint density at radius 2 is 1.20 bits per heavy atom. The van der Waals surface area contributed by atoms with E-state index in [9.17, 15) is 24.6 Å². The molecule has 0 amide bonds. The third-order valence-electron chi connectivity index (χ3n) is 5.88. The van der Waals surface area contributed by atoms with Crippen LogP contribution in [0.4, 0.5) is 0 Å². The Kier molecular flexibility index (Phi) is 5.33. The van der Waals surface area contributed by atoms with Gasteiger partial charge in [-0.15, -0.1) is 0 Å². The zero-order chi connectivity index (χ0) is 24.7. The number of ether oxygens (including phenoxy) is 1. The van der Waals surface area contributed by atoms with Crippen molar-refractivity contribution in [3.63, 3.8) is 0 Å². The summed E-state index contributed by atoms with van der Waals surface area (Å²) in [7, 11) is 1.25. The van der Waals surface area contributed by atoms with E-state index in [1.807, 2.05) is 0 Å². The minimum atomic E-state index is -1.27. The van der Waals surface area contributed by atoms with Crippen molar-refractivity contribution < 1.29 is 28.6 Å². The summed E-state index contributed by atoms with van der Waals surface area (Å²) in [5.41, 5.74) is -1.42. The number of carbonyl (C=O) groups is 1. The number of hydrogen-bond acceptors (Lipinski definition) is 8. The smallest absolute Gasteiger partial charge is 0.344 e. The molecule has 0 bridgehead atoms. The van der Waals surface area contributed by atoms with Crippen LogP contribution in [-0.4, -0.2) is 23.3 Å². The zero-order valence-corrected chi connectivity index (χ0v) is 18.3. The van der Waals surface area contributed by atoms with E-state index in [-0.39, 0.29) is 38.6 Å². The Morgan fingerprint density at radius 1 is 0.743 bits per heavy atom. The van der Waals surface area contributed by atoms with E-state index in [2.05, 4.69) is 0 Å². The molecule has 8 nitrogen and oxygen atoms in total.